The lowest BCUT2D eigenvalue weighted by Crippen LogP contribution is -2.77. The third-order valence-corrected chi connectivity index (χ3v) is 9.02. The molecule has 2 aliphatic carbocycles. The summed E-state index contributed by atoms with van der Waals surface area (Å²) in [5.74, 6) is 0. The van der Waals surface area contributed by atoms with Crippen molar-refractivity contribution in [3.63, 3.8) is 0 Å². The molecule has 4 bridgehead atoms. The van der Waals surface area contributed by atoms with Crippen LogP contribution in [-0.4, -0.2) is 48.1 Å². The summed E-state index contributed by atoms with van der Waals surface area (Å²) >= 11 is 0. The molecule has 6 aliphatic heterocycles. The van der Waals surface area contributed by atoms with Crippen LogP contribution in [0, 0.1) is 10.8 Å². The lowest BCUT2D eigenvalue weighted by molar-refractivity contribution is -0.286. The molecule has 8 aliphatic rings. The van der Waals surface area contributed by atoms with E-state index >= 15 is 0 Å². The molecule has 0 radical (unpaired) electrons. The largest absolute Gasteiger partial charge is 0.347 e. The second kappa shape index (κ2) is 2.38. The monoisotopic (exact) mass is 299 g/mol. The Morgan fingerprint density at radius 2 is 1.32 bits per heavy atom. The zero-order chi connectivity index (χ0) is 14.3. The Kier molecular flexibility index (Phi) is 1.13. The van der Waals surface area contributed by atoms with Crippen molar-refractivity contribution in [1.82, 2.24) is 23.9 Å². The molecular formula is C15H17N5O2. The lowest BCUT2D eigenvalue weighted by Gasteiger charge is -2.72. The number of aromatic nitrogens is 3. The number of hydrazine groups is 1. The number of nitrogens with zero attached hydrogens (tertiary/aromatic N) is 5. The van der Waals surface area contributed by atoms with Gasteiger partial charge >= 0.3 is 11.4 Å². The van der Waals surface area contributed by atoms with Crippen molar-refractivity contribution in [2.45, 2.75) is 61.9 Å². The van der Waals surface area contributed by atoms with Crippen LogP contribution in [0.1, 0.15) is 37.8 Å². The summed E-state index contributed by atoms with van der Waals surface area (Å²) < 4.78 is 5.12. The topological polar surface area (TPSA) is 55.4 Å². The average Bonchev–Trinajstić information content (AvgIpc) is 2.99. The van der Waals surface area contributed by atoms with Gasteiger partial charge in [-0.25, -0.2) is 33.5 Å². The zero-order valence-electron chi connectivity index (χ0n) is 12.3. The molecule has 2 spiro atoms. The molecule has 6 fully saturated rings. The van der Waals surface area contributed by atoms with E-state index in [4.69, 9.17) is 0 Å². The van der Waals surface area contributed by atoms with Crippen LogP contribution in [0.5, 0.6) is 0 Å². The average molecular weight is 299 g/mol. The fourth-order valence-corrected chi connectivity index (χ4v) is 8.83. The van der Waals surface area contributed by atoms with Crippen LogP contribution in [0.15, 0.2) is 9.59 Å². The summed E-state index contributed by atoms with van der Waals surface area (Å²) in [5.41, 5.74) is 0.423. The summed E-state index contributed by atoms with van der Waals surface area (Å²) in [4.78, 5) is 25.5. The van der Waals surface area contributed by atoms with E-state index in [1.54, 1.807) is 7.05 Å². The Hall–Kier alpha value is -1.34. The second-order valence-corrected chi connectivity index (χ2v) is 8.63. The highest BCUT2D eigenvalue weighted by Gasteiger charge is 2.96. The number of hydrogen-bond acceptors (Lipinski definition) is 4. The van der Waals surface area contributed by atoms with Gasteiger partial charge in [-0.15, -0.1) is 0 Å². The smallest absolute Gasteiger partial charge is 0.246 e. The Balaban J connectivity index is 1.62. The van der Waals surface area contributed by atoms with Crippen molar-refractivity contribution >= 4 is 0 Å². The van der Waals surface area contributed by atoms with Gasteiger partial charge in [-0.2, -0.15) is 0 Å². The quantitative estimate of drug-likeness (QED) is 0.620. The maximum Gasteiger partial charge on any atom is 0.347 e. The van der Waals surface area contributed by atoms with E-state index < -0.39 is 0 Å². The molecule has 1 aromatic rings. The van der Waals surface area contributed by atoms with Crippen LogP contribution in [0.2, 0.25) is 0 Å². The minimum atomic E-state index is -0.0867. The molecule has 7 heterocycles. The molecule has 114 valence electrons. The molecule has 8 unspecified atom stereocenters. The van der Waals surface area contributed by atoms with Crippen LogP contribution in [0.3, 0.4) is 0 Å². The first kappa shape index (κ1) is 10.4. The minimum Gasteiger partial charge on any atom is -0.246 e. The highest BCUT2D eigenvalue weighted by Crippen LogP contribution is 2.89. The third kappa shape index (κ3) is 0.542. The Bertz CT molecular complexity index is 869. The van der Waals surface area contributed by atoms with E-state index in [1.807, 2.05) is 9.36 Å². The molecule has 7 nitrogen and oxygen atoms in total. The molecule has 7 heteroatoms. The van der Waals surface area contributed by atoms with Gasteiger partial charge in [0.2, 0.25) is 0 Å². The first-order chi connectivity index (χ1) is 10.7. The van der Waals surface area contributed by atoms with Gasteiger partial charge in [-0.3, -0.25) is 0 Å². The van der Waals surface area contributed by atoms with Gasteiger partial charge in [-0.1, -0.05) is 0 Å². The Labute approximate surface area is 125 Å². The van der Waals surface area contributed by atoms with E-state index in [9.17, 15) is 9.59 Å². The van der Waals surface area contributed by atoms with E-state index in [1.165, 1.54) is 30.3 Å². The van der Waals surface area contributed by atoms with Crippen LogP contribution < -0.4 is 11.4 Å². The van der Waals surface area contributed by atoms with Crippen molar-refractivity contribution in [3.8, 4) is 0 Å². The molecular weight excluding hydrogens is 282 g/mol. The molecule has 22 heavy (non-hydrogen) atoms. The predicted molar refractivity (Wildman–Crippen MR) is 74.2 cm³/mol. The molecule has 0 amide bonds. The van der Waals surface area contributed by atoms with Crippen molar-refractivity contribution in [2.75, 3.05) is 0 Å². The summed E-state index contributed by atoms with van der Waals surface area (Å²) in [7, 11) is 1.64. The van der Waals surface area contributed by atoms with Gasteiger partial charge in [0.1, 0.15) is 0 Å². The van der Waals surface area contributed by atoms with E-state index in [2.05, 4.69) is 10.0 Å². The molecule has 1 aromatic heterocycles. The van der Waals surface area contributed by atoms with Gasteiger partial charge in [0.05, 0.1) is 24.2 Å². The maximum atomic E-state index is 12.7. The third-order valence-electron chi connectivity index (χ3n) is 9.02. The summed E-state index contributed by atoms with van der Waals surface area (Å²) in [6.07, 6.45) is 5.11. The molecule has 0 aromatic carbocycles. The first-order valence-corrected chi connectivity index (χ1v) is 8.63. The minimum absolute atomic E-state index is 0.0867. The van der Waals surface area contributed by atoms with E-state index in [0.29, 0.717) is 35.0 Å². The molecule has 8 atom stereocenters. The summed E-state index contributed by atoms with van der Waals surface area (Å²) in [6, 6.07) is 2.77. The van der Waals surface area contributed by atoms with Gasteiger partial charge in [-0.05, 0) is 25.7 Å². The summed E-state index contributed by atoms with van der Waals surface area (Å²) in [6.45, 7) is 0. The van der Waals surface area contributed by atoms with Crippen molar-refractivity contribution in [2.24, 2.45) is 17.9 Å². The van der Waals surface area contributed by atoms with Gasteiger partial charge in [0, 0.05) is 30.0 Å². The van der Waals surface area contributed by atoms with Crippen LogP contribution >= 0.6 is 0 Å². The highest BCUT2D eigenvalue weighted by molar-refractivity contribution is 5.45. The molecule has 0 N–H and O–H groups in total. The number of fused-ring (bicyclic) bond motifs is 1. The first-order valence-electron chi connectivity index (χ1n) is 8.63. The van der Waals surface area contributed by atoms with Gasteiger partial charge < -0.3 is 0 Å². The van der Waals surface area contributed by atoms with Crippen molar-refractivity contribution in [3.05, 3.63) is 21.0 Å². The highest BCUT2D eigenvalue weighted by atomic mass is 16.2. The fraction of sp³-hybridized carbons (Fsp3) is 0.867. The molecule has 4 saturated heterocycles. The van der Waals surface area contributed by atoms with Crippen LogP contribution in [0.4, 0.5) is 0 Å². The number of hydrogen-bond donors (Lipinski definition) is 0. The SMILES string of the molecule is Cn1c(=O)n2n(c1=O)C1C3C4C2C25CCC12C1CCC5N4N31. The standard InChI is InChI=1S/C15H17N5O2/c1-16-12(21)19-10-8-9-11(20(19)13(16)22)15-5-4-14(10,15)6-2-3-7(15)18(9)17(6)8/h6-11H,2-5H2,1H3. The van der Waals surface area contributed by atoms with Gasteiger partial charge in [0.15, 0.2) is 0 Å². The van der Waals surface area contributed by atoms with E-state index in [0.717, 1.165) is 0 Å². The summed E-state index contributed by atoms with van der Waals surface area (Å²) in [5, 5.41) is 5.29. The van der Waals surface area contributed by atoms with Crippen LogP contribution in [-0.2, 0) is 7.05 Å². The fourth-order valence-electron chi connectivity index (χ4n) is 8.83. The maximum absolute atomic E-state index is 12.7. The van der Waals surface area contributed by atoms with Crippen LogP contribution in [0.25, 0.3) is 0 Å². The van der Waals surface area contributed by atoms with Crippen molar-refractivity contribution < 1.29 is 0 Å². The van der Waals surface area contributed by atoms with Gasteiger partial charge in [0.25, 0.3) is 0 Å². The number of rotatable bonds is 0. The Morgan fingerprint density at radius 1 is 0.864 bits per heavy atom. The second-order valence-electron chi connectivity index (χ2n) is 8.63. The lowest BCUT2D eigenvalue weighted by atomic mass is 9.35. The van der Waals surface area contributed by atoms with E-state index in [-0.39, 0.29) is 23.5 Å². The van der Waals surface area contributed by atoms with Crippen molar-refractivity contribution in [1.29, 1.82) is 0 Å². The molecule has 9 rings (SSSR count). The predicted octanol–water partition coefficient (Wildman–Crippen LogP) is -0.947. The molecule has 2 saturated carbocycles. The zero-order valence-corrected chi connectivity index (χ0v) is 12.3. The Morgan fingerprint density at radius 3 is 1.73 bits per heavy atom. The normalized spacial score (nSPS) is 60.6.